The Morgan fingerprint density at radius 3 is 2.64 bits per heavy atom. The zero-order chi connectivity index (χ0) is 17.4. The van der Waals surface area contributed by atoms with E-state index in [1.807, 2.05) is 36.4 Å². The maximum Gasteiger partial charge on any atom is 0.337 e. The number of carbonyl (C=O) groups is 1. The van der Waals surface area contributed by atoms with Gasteiger partial charge >= 0.3 is 5.97 Å². The third-order valence-electron chi connectivity index (χ3n) is 5.27. The maximum absolute atomic E-state index is 11.7. The van der Waals surface area contributed by atoms with Crippen LogP contribution < -0.4 is 10.1 Å². The Hall–Kier alpha value is -2.75. The van der Waals surface area contributed by atoms with Crippen LogP contribution in [-0.4, -0.2) is 20.2 Å². The minimum absolute atomic E-state index is 0.176. The lowest BCUT2D eigenvalue weighted by atomic mass is 9.77. The normalized spacial score (nSPS) is 23.4. The van der Waals surface area contributed by atoms with Gasteiger partial charge in [-0.15, -0.1) is 0 Å². The van der Waals surface area contributed by atoms with Gasteiger partial charge in [0.05, 0.1) is 31.5 Å². The van der Waals surface area contributed by atoms with Crippen molar-refractivity contribution in [2.24, 2.45) is 5.92 Å². The number of allylic oxidation sites excluding steroid dienone is 2. The molecule has 128 valence electrons. The summed E-state index contributed by atoms with van der Waals surface area (Å²) < 4.78 is 10.3. The predicted molar refractivity (Wildman–Crippen MR) is 97.1 cm³/mol. The van der Waals surface area contributed by atoms with E-state index in [1.54, 1.807) is 7.11 Å². The lowest BCUT2D eigenvalue weighted by Crippen LogP contribution is -2.29. The van der Waals surface area contributed by atoms with E-state index < -0.39 is 0 Å². The Labute approximate surface area is 147 Å². The van der Waals surface area contributed by atoms with E-state index >= 15 is 0 Å². The Morgan fingerprint density at radius 2 is 1.92 bits per heavy atom. The molecule has 2 aliphatic rings. The van der Waals surface area contributed by atoms with E-state index in [0.717, 1.165) is 17.9 Å². The first-order valence-corrected chi connectivity index (χ1v) is 8.51. The molecule has 0 aromatic heterocycles. The van der Waals surface area contributed by atoms with Crippen molar-refractivity contribution in [1.82, 2.24) is 0 Å². The summed E-state index contributed by atoms with van der Waals surface area (Å²) in [5.74, 6) is 1.41. The summed E-state index contributed by atoms with van der Waals surface area (Å²) in [6.45, 7) is 0. The average molecular weight is 335 g/mol. The number of benzene rings is 2. The summed E-state index contributed by atoms with van der Waals surface area (Å²) in [4.78, 5) is 11.7. The highest BCUT2D eigenvalue weighted by atomic mass is 16.5. The van der Waals surface area contributed by atoms with E-state index in [9.17, 15) is 4.79 Å². The van der Waals surface area contributed by atoms with Gasteiger partial charge in [0.1, 0.15) is 5.75 Å². The lowest BCUT2D eigenvalue weighted by molar-refractivity contribution is 0.0600. The first kappa shape index (κ1) is 15.8. The second-order valence-electron chi connectivity index (χ2n) is 6.51. The summed E-state index contributed by atoms with van der Waals surface area (Å²) in [6, 6.07) is 14.1. The number of para-hydroxylation sites is 1. The number of esters is 1. The van der Waals surface area contributed by atoms with Gasteiger partial charge in [-0.3, -0.25) is 0 Å². The van der Waals surface area contributed by atoms with E-state index in [-0.39, 0.29) is 12.0 Å². The molecule has 4 rings (SSSR count). The highest BCUT2D eigenvalue weighted by molar-refractivity contribution is 5.89. The Kier molecular flexibility index (Phi) is 3.96. The van der Waals surface area contributed by atoms with Gasteiger partial charge in [-0.05, 0) is 41.7 Å². The van der Waals surface area contributed by atoms with E-state index in [0.29, 0.717) is 17.4 Å². The smallest absolute Gasteiger partial charge is 0.337 e. The molecule has 2 aromatic carbocycles. The lowest BCUT2D eigenvalue weighted by Gasteiger charge is -2.38. The van der Waals surface area contributed by atoms with Crippen LogP contribution in [-0.2, 0) is 4.74 Å². The fourth-order valence-corrected chi connectivity index (χ4v) is 4.04. The van der Waals surface area contributed by atoms with Crippen molar-refractivity contribution < 1.29 is 14.3 Å². The third kappa shape index (κ3) is 2.58. The second kappa shape index (κ2) is 6.28. The minimum Gasteiger partial charge on any atom is -0.495 e. The molecule has 1 aliphatic carbocycles. The van der Waals surface area contributed by atoms with Gasteiger partial charge in [-0.2, -0.15) is 0 Å². The van der Waals surface area contributed by atoms with Gasteiger partial charge in [0.2, 0.25) is 0 Å². The zero-order valence-electron chi connectivity index (χ0n) is 14.4. The van der Waals surface area contributed by atoms with E-state index in [2.05, 4.69) is 23.5 Å². The molecular weight excluding hydrogens is 314 g/mol. The van der Waals surface area contributed by atoms with Gasteiger partial charge in [0, 0.05) is 5.92 Å². The van der Waals surface area contributed by atoms with Crippen molar-refractivity contribution >= 4 is 11.7 Å². The van der Waals surface area contributed by atoms with Crippen LogP contribution >= 0.6 is 0 Å². The van der Waals surface area contributed by atoms with E-state index in [1.165, 1.54) is 18.2 Å². The molecule has 0 saturated heterocycles. The number of methoxy groups -OCH3 is 2. The standard InChI is InChI=1S/C21H21NO3/c1-24-18-8-4-7-17-15-5-3-6-16(15)19(22-20(17)18)13-9-11-14(12-10-13)21(23)25-2/h3-5,7-12,15-16,19,22H,6H2,1-2H3/t15-,16-,19+/m1/s1. The molecule has 0 unspecified atom stereocenters. The molecule has 0 bridgehead atoms. The molecule has 1 N–H and O–H groups in total. The number of carbonyl (C=O) groups excluding carboxylic acids is 1. The molecule has 25 heavy (non-hydrogen) atoms. The average Bonchev–Trinajstić information content (AvgIpc) is 3.16. The quantitative estimate of drug-likeness (QED) is 0.671. The van der Waals surface area contributed by atoms with Crippen LogP contribution in [0.2, 0.25) is 0 Å². The predicted octanol–water partition coefficient (Wildman–Crippen LogP) is 4.31. The summed E-state index contributed by atoms with van der Waals surface area (Å²) in [5.41, 5.74) is 4.10. The fraction of sp³-hybridized carbons (Fsp3) is 0.286. The number of fused-ring (bicyclic) bond motifs is 3. The van der Waals surface area contributed by atoms with Crippen molar-refractivity contribution in [2.75, 3.05) is 19.5 Å². The molecule has 0 amide bonds. The second-order valence-corrected chi connectivity index (χ2v) is 6.51. The number of ether oxygens (including phenoxy) is 2. The van der Waals surface area contributed by atoms with Gasteiger partial charge in [-0.1, -0.05) is 36.4 Å². The van der Waals surface area contributed by atoms with Crippen molar-refractivity contribution in [1.29, 1.82) is 0 Å². The molecule has 3 atom stereocenters. The van der Waals surface area contributed by atoms with Gasteiger partial charge in [-0.25, -0.2) is 4.79 Å². The van der Waals surface area contributed by atoms with Crippen LogP contribution in [0, 0.1) is 5.92 Å². The number of rotatable bonds is 3. The molecule has 1 aliphatic heterocycles. The van der Waals surface area contributed by atoms with Crippen LogP contribution in [0.1, 0.15) is 39.9 Å². The summed E-state index contributed by atoms with van der Waals surface area (Å²) in [7, 11) is 3.10. The number of hydrogen-bond donors (Lipinski definition) is 1. The summed E-state index contributed by atoms with van der Waals surface area (Å²) in [5, 5.41) is 3.69. The summed E-state index contributed by atoms with van der Waals surface area (Å²) >= 11 is 0. The molecular formula is C21H21NO3. The fourth-order valence-electron chi connectivity index (χ4n) is 4.04. The first-order chi connectivity index (χ1) is 12.2. The molecule has 0 fully saturated rings. The third-order valence-corrected chi connectivity index (χ3v) is 5.27. The monoisotopic (exact) mass is 335 g/mol. The van der Waals surface area contributed by atoms with Gasteiger partial charge < -0.3 is 14.8 Å². The Morgan fingerprint density at radius 1 is 1.12 bits per heavy atom. The van der Waals surface area contributed by atoms with E-state index in [4.69, 9.17) is 9.47 Å². The SMILES string of the molecule is COC(=O)c1ccc([C@@H]2Nc3c(OC)cccc3[C@@H]3C=CC[C@H]32)cc1. The zero-order valence-corrected chi connectivity index (χ0v) is 14.4. The van der Waals surface area contributed by atoms with Crippen LogP contribution in [0.5, 0.6) is 5.75 Å². The van der Waals surface area contributed by atoms with Gasteiger partial charge in [0.15, 0.2) is 0 Å². The molecule has 4 nitrogen and oxygen atoms in total. The van der Waals surface area contributed by atoms with Crippen LogP contribution in [0.15, 0.2) is 54.6 Å². The number of nitrogens with one attached hydrogen (secondary N) is 1. The highest BCUT2D eigenvalue weighted by Gasteiger charge is 2.38. The van der Waals surface area contributed by atoms with Crippen molar-refractivity contribution in [3.8, 4) is 5.75 Å². The maximum atomic E-state index is 11.7. The van der Waals surface area contributed by atoms with Crippen LogP contribution in [0.3, 0.4) is 0 Å². The van der Waals surface area contributed by atoms with Crippen molar-refractivity contribution in [3.05, 3.63) is 71.3 Å². The molecule has 0 saturated carbocycles. The van der Waals surface area contributed by atoms with Gasteiger partial charge in [0.25, 0.3) is 0 Å². The Bertz CT molecular complexity index is 826. The molecule has 0 spiro atoms. The summed E-state index contributed by atoms with van der Waals surface area (Å²) in [6.07, 6.45) is 5.61. The van der Waals surface area contributed by atoms with Crippen LogP contribution in [0.4, 0.5) is 5.69 Å². The largest absolute Gasteiger partial charge is 0.495 e. The number of anilines is 1. The van der Waals surface area contributed by atoms with Crippen molar-refractivity contribution in [3.63, 3.8) is 0 Å². The molecule has 1 heterocycles. The minimum atomic E-state index is -0.310. The molecule has 0 radical (unpaired) electrons. The molecule has 2 aromatic rings. The highest BCUT2D eigenvalue weighted by Crippen LogP contribution is 2.52. The van der Waals surface area contributed by atoms with Crippen molar-refractivity contribution in [2.45, 2.75) is 18.4 Å². The number of hydrogen-bond acceptors (Lipinski definition) is 4. The first-order valence-electron chi connectivity index (χ1n) is 8.51. The van der Waals surface area contributed by atoms with Crippen LogP contribution in [0.25, 0.3) is 0 Å². The molecule has 4 heteroatoms. The topological polar surface area (TPSA) is 47.6 Å². The Balaban J connectivity index is 1.72.